The molecule has 4 aromatic heterocycles. The summed E-state index contributed by atoms with van der Waals surface area (Å²) < 4.78 is 6.80. The number of nitrogens with one attached hydrogen (secondary N) is 1. The number of aryl methyl sites for hydroxylation is 2. The van der Waals surface area contributed by atoms with Gasteiger partial charge in [0, 0.05) is 4.88 Å². The van der Waals surface area contributed by atoms with Crippen LogP contribution in [0.4, 0.5) is 0 Å². The molecule has 0 aromatic carbocycles. The van der Waals surface area contributed by atoms with Gasteiger partial charge in [-0.1, -0.05) is 0 Å². The number of thiophene rings is 1. The van der Waals surface area contributed by atoms with Crippen molar-refractivity contribution < 1.29 is 9.21 Å². The number of nitrogens with zero attached hydrogens (tertiary/aromatic N) is 4. The Morgan fingerprint density at radius 3 is 3.25 bits per heavy atom. The molecule has 8 heteroatoms. The Kier molecular flexibility index (Phi) is 2.93. The zero-order valence-corrected chi connectivity index (χ0v) is 13.5. The van der Waals surface area contributed by atoms with Crippen LogP contribution in [0.25, 0.3) is 15.9 Å². The average Bonchev–Trinajstić information content (AvgIpc) is 3.32. The zero-order valence-electron chi connectivity index (χ0n) is 12.7. The van der Waals surface area contributed by atoms with Crippen molar-refractivity contribution >= 4 is 33.1 Å². The van der Waals surface area contributed by atoms with Crippen LogP contribution in [0, 0.1) is 0 Å². The van der Waals surface area contributed by atoms with Crippen molar-refractivity contribution in [2.45, 2.75) is 25.8 Å². The molecule has 0 bridgehead atoms. The predicted molar refractivity (Wildman–Crippen MR) is 88.1 cm³/mol. The monoisotopic (exact) mass is 339 g/mol. The normalized spacial score (nSPS) is 13.7. The van der Waals surface area contributed by atoms with Gasteiger partial charge < -0.3 is 9.73 Å². The summed E-state index contributed by atoms with van der Waals surface area (Å²) >= 11 is 1.72. The van der Waals surface area contributed by atoms with Gasteiger partial charge in [0.15, 0.2) is 5.65 Å². The van der Waals surface area contributed by atoms with Crippen LogP contribution < -0.4 is 5.32 Å². The molecule has 1 aliphatic rings. The molecule has 1 N–H and O–H groups in total. The van der Waals surface area contributed by atoms with E-state index in [0.29, 0.717) is 18.0 Å². The molecule has 24 heavy (non-hydrogen) atoms. The van der Waals surface area contributed by atoms with Crippen LogP contribution in [0.2, 0.25) is 0 Å². The SMILES string of the molecule is O=C(NCc1ccco1)c1nc2c3c4c(sc3ncn2n1)CCC4. The molecule has 4 aromatic rings. The lowest BCUT2D eigenvalue weighted by Gasteiger charge is -1.98. The van der Waals surface area contributed by atoms with E-state index in [0.717, 1.165) is 23.1 Å². The molecule has 0 unspecified atom stereocenters. The fraction of sp³-hybridized carbons (Fsp3) is 0.250. The van der Waals surface area contributed by atoms with E-state index in [-0.39, 0.29) is 11.7 Å². The van der Waals surface area contributed by atoms with Gasteiger partial charge in [-0.05, 0) is 37.0 Å². The van der Waals surface area contributed by atoms with Gasteiger partial charge in [0.05, 0.1) is 18.2 Å². The van der Waals surface area contributed by atoms with E-state index in [1.54, 1.807) is 40.6 Å². The first-order chi connectivity index (χ1) is 11.8. The molecule has 0 radical (unpaired) electrons. The van der Waals surface area contributed by atoms with Crippen LogP contribution in [-0.2, 0) is 19.4 Å². The Morgan fingerprint density at radius 1 is 1.42 bits per heavy atom. The highest BCUT2D eigenvalue weighted by atomic mass is 32.1. The van der Waals surface area contributed by atoms with Gasteiger partial charge in [-0.3, -0.25) is 4.79 Å². The fourth-order valence-electron chi connectivity index (χ4n) is 3.15. The molecule has 0 saturated heterocycles. The molecular weight excluding hydrogens is 326 g/mol. The first-order valence-electron chi connectivity index (χ1n) is 7.76. The number of hydrogen-bond acceptors (Lipinski definition) is 6. The highest BCUT2D eigenvalue weighted by molar-refractivity contribution is 7.19. The van der Waals surface area contributed by atoms with Crippen molar-refractivity contribution in [2.75, 3.05) is 0 Å². The highest BCUT2D eigenvalue weighted by Crippen LogP contribution is 2.37. The van der Waals surface area contributed by atoms with Crippen LogP contribution in [0.5, 0.6) is 0 Å². The van der Waals surface area contributed by atoms with Gasteiger partial charge in [0.2, 0.25) is 5.82 Å². The second-order valence-electron chi connectivity index (χ2n) is 5.75. The van der Waals surface area contributed by atoms with Crippen LogP contribution >= 0.6 is 11.3 Å². The van der Waals surface area contributed by atoms with Gasteiger partial charge in [-0.2, -0.15) is 0 Å². The van der Waals surface area contributed by atoms with Gasteiger partial charge in [0.1, 0.15) is 16.9 Å². The second-order valence-corrected chi connectivity index (χ2v) is 6.83. The molecule has 0 fully saturated rings. The van der Waals surface area contributed by atoms with Crippen molar-refractivity contribution in [3.05, 3.63) is 46.7 Å². The Hall–Kier alpha value is -2.74. The molecule has 5 rings (SSSR count). The predicted octanol–water partition coefficient (Wildman–Crippen LogP) is 2.35. The maximum atomic E-state index is 12.3. The van der Waals surface area contributed by atoms with E-state index in [9.17, 15) is 4.79 Å². The Bertz CT molecular complexity index is 1060. The van der Waals surface area contributed by atoms with Crippen LogP contribution in [-0.4, -0.2) is 25.5 Å². The Morgan fingerprint density at radius 2 is 2.38 bits per heavy atom. The van der Waals surface area contributed by atoms with Crippen LogP contribution in [0.3, 0.4) is 0 Å². The molecule has 7 nitrogen and oxygen atoms in total. The number of carbonyl (C=O) groups is 1. The number of rotatable bonds is 3. The van der Waals surface area contributed by atoms with E-state index in [4.69, 9.17) is 4.42 Å². The third-order valence-corrected chi connectivity index (χ3v) is 5.45. The first kappa shape index (κ1) is 13.7. The third-order valence-electron chi connectivity index (χ3n) is 4.25. The van der Waals surface area contributed by atoms with Crippen molar-refractivity contribution in [1.29, 1.82) is 0 Å². The van der Waals surface area contributed by atoms with E-state index < -0.39 is 0 Å². The smallest absolute Gasteiger partial charge is 0.291 e. The number of aromatic nitrogens is 4. The lowest BCUT2D eigenvalue weighted by Crippen LogP contribution is -2.23. The van der Waals surface area contributed by atoms with Crippen molar-refractivity contribution in [1.82, 2.24) is 24.9 Å². The topological polar surface area (TPSA) is 85.3 Å². The quantitative estimate of drug-likeness (QED) is 0.619. The molecule has 4 heterocycles. The summed E-state index contributed by atoms with van der Waals surface area (Å²) in [4.78, 5) is 23.6. The average molecular weight is 339 g/mol. The maximum absolute atomic E-state index is 12.3. The molecule has 120 valence electrons. The summed E-state index contributed by atoms with van der Waals surface area (Å²) in [6.07, 6.45) is 6.52. The minimum absolute atomic E-state index is 0.147. The summed E-state index contributed by atoms with van der Waals surface area (Å²) in [5, 5.41) is 8.09. The number of furan rings is 1. The molecule has 0 aliphatic heterocycles. The van der Waals surface area contributed by atoms with Gasteiger partial charge in [0.25, 0.3) is 5.91 Å². The van der Waals surface area contributed by atoms with E-state index in [1.807, 2.05) is 0 Å². The minimum atomic E-state index is -0.324. The van der Waals surface area contributed by atoms with Gasteiger partial charge in [-0.25, -0.2) is 14.5 Å². The Balaban J connectivity index is 1.53. The second kappa shape index (κ2) is 5.13. The van der Waals surface area contributed by atoms with Crippen molar-refractivity contribution in [3.63, 3.8) is 0 Å². The molecule has 1 aliphatic carbocycles. The number of amides is 1. The summed E-state index contributed by atoms with van der Waals surface area (Å²) in [5.74, 6) is 0.510. The maximum Gasteiger partial charge on any atom is 0.291 e. The van der Waals surface area contributed by atoms with Crippen LogP contribution in [0.1, 0.15) is 33.2 Å². The molecule has 0 atom stereocenters. The van der Waals surface area contributed by atoms with Gasteiger partial charge in [-0.15, -0.1) is 16.4 Å². The number of fused-ring (bicyclic) bond motifs is 5. The summed E-state index contributed by atoms with van der Waals surface area (Å²) in [7, 11) is 0. The fourth-order valence-corrected chi connectivity index (χ4v) is 4.37. The molecule has 1 amide bonds. The van der Waals surface area contributed by atoms with Crippen molar-refractivity contribution in [3.8, 4) is 0 Å². The molecular formula is C16H13N5O2S. The summed E-state index contributed by atoms with van der Waals surface area (Å²) in [6.45, 7) is 0.308. The van der Waals surface area contributed by atoms with E-state index >= 15 is 0 Å². The van der Waals surface area contributed by atoms with Crippen LogP contribution in [0.15, 0.2) is 29.1 Å². The van der Waals surface area contributed by atoms with E-state index in [1.165, 1.54) is 16.9 Å². The first-order valence-corrected chi connectivity index (χ1v) is 8.57. The zero-order chi connectivity index (χ0) is 16.1. The van der Waals surface area contributed by atoms with Gasteiger partial charge >= 0.3 is 0 Å². The Labute approximate surface area is 140 Å². The summed E-state index contributed by atoms with van der Waals surface area (Å²) in [5.41, 5.74) is 2.03. The highest BCUT2D eigenvalue weighted by Gasteiger charge is 2.23. The third kappa shape index (κ3) is 2.03. The lowest BCUT2D eigenvalue weighted by atomic mass is 10.2. The number of carbonyl (C=O) groups excluding carboxylic acids is 1. The van der Waals surface area contributed by atoms with E-state index in [2.05, 4.69) is 20.4 Å². The largest absolute Gasteiger partial charge is 0.467 e. The van der Waals surface area contributed by atoms with Crippen molar-refractivity contribution in [2.24, 2.45) is 0 Å². The summed E-state index contributed by atoms with van der Waals surface area (Å²) in [6, 6.07) is 3.59. The molecule has 0 saturated carbocycles. The number of hydrogen-bond donors (Lipinski definition) is 1. The lowest BCUT2D eigenvalue weighted by molar-refractivity contribution is 0.0938. The molecule has 0 spiro atoms. The standard InChI is InChI=1S/C16H13N5O2S/c22-15(17-7-9-3-2-6-23-9)13-19-14-12-10-4-1-5-11(10)24-16(12)18-8-21(14)20-13/h2-3,6,8H,1,4-5,7H2,(H,17,22). The minimum Gasteiger partial charge on any atom is -0.467 e.